The van der Waals surface area contributed by atoms with E-state index in [9.17, 15) is 9.90 Å². The van der Waals surface area contributed by atoms with Crippen molar-refractivity contribution in [1.82, 2.24) is 5.32 Å². The number of aliphatic hydroxyl groups is 1. The Bertz CT molecular complexity index is 350. The van der Waals surface area contributed by atoms with Gasteiger partial charge in [0.1, 0.15) is 5.75 Å². The highest BCUT2D eigenvalue weighted by Gasteiger charge is 2.08. The van der Waals surface area contributed by atoms with Crippen molar-refractivity contribution in [3.05, 3.63) is 29.8 Å². The first-order valence-corrected chi connectivity index (χ1v) is 5.25. The number of nitrogens with one attached hydrogen (secondary N) is 1. The molecule has 0 aromatic heterocycles. The van der Waals surface area contributed by atoms with E-state index in [1.165, 1.54) is 0 Å². The third-order valence-corrected chi connectivity index (χ3v) is 2.23. The highest BCUT2D eigenvalue weighted by Crippen LogP contribution is 2.24. The standard InChI is InChI=1S/C12H17NO3/c1-9(14)10-5-3-4-6-11(10)16-8-7-12(15)13-2/h3-6,9,14H,7-8H2,1-2H3,(H,13,15)/t9-/m0/s1. The third kappa shape index (κ3) is 3.55. The van der Waals surface area contributed by atoms with E-state index in [2.05, 4.69) is 5.32 Å². The van der Waals surface area contributed by atoms with Crippen LogP contribution in [-0.4, -0.2) is 24.7 Å². The molecule has 1 aromatic carbocycles. The lowest BCUT2D eigenvalue weighted by molar-refractivity contribution is -0.121. The van der Waals surface area contributed by atoms with Gasteiger partial charge in [-0.1, -0.05) is 18.2 Å². The number of hydrogen-bond donors (Lipinski definition) is 2. The van der Waals surface area contributed by atoms with Crippen molar-refractivity contribution in [2.75, 3.05) is 13.7 Å². The van der Waals surface area contributed by atoms with Gasteiger partial charge in [-0.25, -0.2) is 0 Å². The molecule has 1 atom stereocenters. The maximum Gasteiger partial charge on any atom is 0.223 e. The lowest BCUT2D eigenvalue weighted by Gasteiger charge is -2.12. The van der Waals surface area contributed by atoms with Crippen molar-refractivity contribution in [3.8, 4) is 5.75 Å². The first kappa shape index (κ1) is 12.5. The summed E-state index contributed by atoms with van der Waals surface area (Å²) in [4.78, 5) is 11.0. The van der Waals surface area contributed by atoms with E-state index in [0.717, 1.165) is 5.56 Å². The molecule has 0 spiro atoms. The summed E-state index contributed by atoms with van der Waals surface area (Å²) in [5, 5.41) is 12.0. The number of para-hydroxylation sites is 1. The predicted octanol–water partition coefficient (Wildman–Crippen LogP) is 1.25. The van der Waals surface area contributed by atoms with Gasteiger partial charge in [0.05, 0.1) is 19.1 Å². The van der Waals surface area contributed by atoms with E-state index >= 15 is 0 Å². The second kappa shape index (κ2) is 6.12. The van der Waals surface area contributed by atoms with Crippen LogP contribution in [0.2, 0.25) is 0 Å². The van der Waals surface area contributed by atoms with Crippen molar-refractivity contribution >= 4 is 5.91 Å². The molecule has 0 saturated carbocycles. The van der Waals surface area contributed by atoms with Crippen LogP contribution in [0.25, 0.3) is 0 Å². The Balaban J connectivity index is 2.56. The van der Waals surface area contributed by atoms with Crippen molar-refractivity contribution in [3.63, 3.8) is 0 Å². The van der Waals surface area contributed by atoms with Gasteiger partial charge in [-0.3, -0.25) is 4.79 Å². The van der Waals surface area contributed by atoms with Crippen molar-refractivity contribution < 1.29 is 14.6 Å². The zero-order chi connectivity index (χ0) is 12.0. The van der Waals surface area contributed by atoms with Crippen LogP contribution in [0.3, 0.4) is 0 Å². The summed E-state index contributed by atoms with van der Waals surface area (Å²) in [5.41, 5.74) is 0.736. The summed E-state index contributed by atoms with van der Waals surface area (Å²) in [6.07, 6.45) is -0.263. The number of amides is 1. The van der Waals surface area contributed by atoms with Crippen LogP contribution in [0, 0.1) is 0 Å². The van der Waals surface area contributed by atoms with Crippen LogP contribution in [0.5, 0.6) is 5.75 Å². The lowest BCUT2D eigenvalue weighted by atomic mass is 10.1. The molecule has 0 bridgehead atoms. The SMILES string of the molecule is CNC(=O)CCOc1ccccc1[C@H](C)O. The zero-order valence-corrected chi connectivity index (χ0v) is 9.56. The molecule has 2 N–H and O–H groups in total. The number of carbonyl (C=O) groups is 1. The normalized spacial score (nSPS) is 11.9. The molecule has 0 fully saturated rings. The molecule has 1 amide bonds. The molecule has 0 radical (unpaired) electrons. The van der Waals surface area contributed by atoms with Gasteiger partial charge in [-0.05, 0) is 13.0 Å². The summed E-state index contributed by atoms with van der Waals surface area (Å²) >= 11 is 0. The van der Waals surface area contributed by atoms with Gasteiger partial charge >= 0.3 is 0 Å². The Hall–Kier alpha value is -1.55. The van der Waals surface area contributed by atoms with Gasteiger partial charge in [0.2, 0.25) is 5.91 Å². The fourth-order valence-corrected chi connectivity index (χ4v) is 1.34. The van der Waals surface area contributed by atoms with E-state index < -0.39 is 6.10 Å². The van der Waals surface area contributed by atoms with Crippen LogP contribution in [0.1, 0.15) is 25.0 Å². The van der Waals surface area contributed by atoms with Crippen LogP contribution in [0.15, 0.2) is 24.3 Å². The summed E-state index contributed by atoms with van der Waals surface area (Å²) in [6.45, 7) is 1.99. The molecule has 0 heterocycles. The Morgan fingerprint density at radius 3 is 2.81 bits per heavy atom. The number of benzene rings is 1. The monoisotopic (exact) mass is 223 g/mol. The highest BCUT2D eigenvalue weighted by atomic mass is 16.5. The molecule has 4 heteroatoms. The van der Waals surface area contributed by atoms with Crippen molar-refractivity contribution in [2.24, 2.45) is 0 Å². The van der Waals surface area contributed by atoms with Gasteiger partial charge in [0.15, 0.2) is 0 Å². The average Bonchev–Trinajstić information content (AvgIpc) is 2.29. The van der Waals surface area contributed by atoms with E-state index in [1.54, 1.807) is 26.1 Å². The second-order valence-electron chi connectivity index (χ2n) is 3.49. The predicted molar refractivity (Wildman–Crippen MR) is 61.3 cm³/mol. The molecule has 1 rings (SSSR count). The number of aliphatic hydroxyl groups excluding tert-OH is 1. The maximum absolute atomic E-state index is 11.0. The van der Waals surface area contributed by atoms with E-state index in [4.69, 9.17) is 4.74 Å². The fourth-order valence-electron chi connectivity index (χ4n) is 1.34. The molecule has 4 nitrogen and oxygen atoms in total. The average molecular weight is 223 g/mol. The van der Waals surface area contributed by atoms with Crippen LogP contribution < -0.4 is 10.1 Å². The minimum atomic E-state index is -0.573. The molecule has 0 saturated heterocycles. The van der Waals surface area contributed by atoms with E-state index in [0.29, 0.717) is 18.8 Å². The smallest absolute Gasteiger partial charge is 0.223 e. The van der Waals surface area contributed by atoms with Gasteiger partial charge in [-0.15, -0.1) is 0 Å². The Morgan fingerprint density at radius 2 is 2.19 bits per heavy atom. The molecule has 0 aliphatic heterocycles. The molecule has 88 valence electrons. The molecule has 0 unspecified atom stereocenters. The van der Waals surface area contributed by atoms with Crippen molar-refractivity contribution in [1.29, 1.82) is 0 Å². The van der Waals surface area contributed by atoms with Gasteiger partial charge in [-0.2, -0.15) is 0 Å². The first-order valence-electron chi connectivity index (χ1n) is 5.25. The number of ether oxygens (including phenoxy) is 1. The van der Waals surface area contributed by atoms with Crippen LogP contribution in [0.4, 0.5) is 0 Å². The fraction of sp³-hybridized carbons (Fsp3) is 0.417. The summed E-state index contributed by atoms with van der Waals surface area (Å²) in [6, 6.07) is 7.26. The molecule has 1 aromatic rings. The summed E-state index contributed by atoms with van der Waals surface area (Å²) < 4.78 is 5.45. The van der Waals surface area contributed by atoms with E-state index in [1.807, 2.05) is 12.1 Å². The molecular weight excluding hydrogens is 206 g/mol. The lowest BCUT2D eigenvalue weighted by Crippen LogP contribution is -2.20. The molecule has 0 aliphatic carbocycles. The number of rotatable bonds is 5. The summed E-state index contributed by atoms with van der Waals surface area (Å²) in [5.74, 6) is 0.566. The highest BCUT2D eigenvalue weighted by molar-refractivity contribution is 5.75. The quantitative estimate of drug-likeness (QED) is 0.790. The minimum absolute atomic E-state index is 0.0606. The van der Waals surface area contributed by atoms with Gasteiger partial charge in [0, 0.05) is 12.6 Å². The largest absolute Gasteiger partial charge is 0.493 e. The topological polar surface area (TPSA) is 58.6 Å². The number of hydrogen-bond acceptors (Lipinski definition) is 3. The van der Waals surface area contributed by atoms with Crippen molar-refractivity contribution in [2.45, 2.75) is 19.4 Å². The Morgan fingerprint density at radius 1 is 1.50 bits per heavy atom. The van der Waals surface area contributed by atoms with Crippen LogP contribution in [-0.2, 0) is 4.79 Å². The van der Waals surface area contributed by atoms with Crippen LogP contribution >= 0.6 is 0 Å². The van der Waals surface area contributed by atoms with Gasteiger partial charge < -0.3 is 15.2 Å². The minimum Gasteiger partial charge on any atom is -0.493 e. The first-order chi connectivity index (χ1) is 7.65. The Kier molecular flexibility index (Phi) is 4.79. The number of carbonyl (C=O) groups excluding carboxylic acids is 1. The zero-order valence-electron chi connectivity index (χ0n) is 9.56. The summed E-state index contributed by atoms with van der Waals surface area (Å²) in [7, 11) is 1.59. The molecule has 0 aliphatic rings. The second-order valence-corrected chi connectivity index (χ2v) is 3.49. The maximum atomic E-state index is 11.0. The third-order valence-electron chi connectivity index (χ3n) is 2.23. The van der Waals surface area contributed by atoms with Gasteiger partial charge in [0.25, 0.3) is 0 Å². The van der Waals surface area contributed by atoms with E-state index in [-0.39, 0.29) is 5.91 Å². The molecule has 16 heavy (non-hydrogen) atoms. The Labute approximate surface area is 95.2 Å². The molecular formula is C12H17NO3.